The summed E-state index contributed by atoms with van der Waals surface area (Å²) < 4.78 is 42.2. The number of imide groups is 1. The lowest BCUT2D eigenvalue weighted by atomic mass is 9.90. The minimum absolute atomic E-state index is 0.0246. The van der Waals surface area contributed by atoms with E-state index < -0.39 is 29.8 Å². The molecule has 12 heteroatoms. The molecule has 0 bridgehead atoms. The number of aromatic nitrogens is 3. The SMILES string of the molecule is CN1C(=O)c2nn(-c3ccc(OC(F)(F)F)cc3)c(=NC#N)nc2C(c2ccccc2)C1=O. The van der Waals surface area contributed by atoms with E-state index in [0.717, 1.165) is 21.7 Å². The molecule has 1 aromatic heterocycles. The van der Waals surface area contributed by atoms with Crippen LogP contribution in [0.4, 0.5) is 13.2 Å². The van der Waals surface area contributed by atoms with Gasteiger partial charge in [0, 0.05) is 7.05 Å². The third-order valence-corrected chi connectivity index (χ3v) is 4.81. The second-order valence-corrected chi connectivity index (χ2v) is 6.86. The van der Waals surface area contributed by atoms with Gasteiger partial charge in [-0.25, -0.2) is 4.98 Å². The molecule has 0 spiro atoms. The number of rotatable bonds is 3. The number of nitriles is 1. The van der Waals surface area contributed by atoms with Crippen LogP contribution >= 0.6 is 0 Å². The van der Waals surface area contributed by atoms with Gasteiger partial charge in [0.1, 0.15) is 11.7 Å². The van der Waals surface area contributed by atoms with Crippen molar-refractivity contribution >= 4 is 11.8 Å². The quantitative estimate of drug-likeness (QED) is 0.443. The summed E-state index contributed by atoms with van der Waals surface area (Å²) in [6, 6.07) is 13.1. The van der Waals surface area contributed by atoms with E-state index in [1.165, 1.54) is 19.2 Å². The average molecular weight is 454 g/mol. The van der Waals surface area contributed by atoms with Crippen molar-refractivity contribution in [3.8, 4) is 17.6 Å². The number of carbonyl (C=O) groups is 2. The lowest BCUT2D eigenvalue weighted by molar-refractivity contribution is -0.274. The van der Waals surface area contributed by atoms with Gasteiger partial charge in [0.05, 0.1) is 11.4 Å². The largest absolute Gasteiger partial charge is 0.573 e. The highest BCUT2D eigenvalue weighted by Crippen LogP contribution is 2.31. The number of fused-ring (bicyclic) bond motifs is 1. The lowest BCUT2D eigenvalue weighted by Gasteiger charge is -2.29. The van der Waals surface area contributed by atoms with Crippen LogP contribution in [0, 0.1) is 11.5 Å². The van der Waals surface area contributed by atoms with Crippen molar-refractivity contribution in [1.82, 2.24) is 19.7 Å². The van der Waals surface area contributed by atoms with Crippen molar-refractivity contribution in [2.45, 2.75) is 12.3 Å². The Hall–Kier alpha value is -4.53. The number of benzene rings is 2. The molecule has 1 aliphatic heterocycles. The maximum absolute atomic E-state index is 12.9. The van der Waals surface area contributed by atoms with Crippen molar-refractivity contribution in [1.29, 1.82) is 5.26 Å². The summed E-state index contributed by atoms with van der Waals surface area (Å²) in [6.07, 6.45) is -3.29. The van der Waals surface area contributed by atoms with Gasteiger partial charge >= 0.3 is 6.36 Å². The third-order valence-electron chi connectivity index (χ3n) is 4.81. The molecule has 0 N–H and O–H groups in total. The highest BCUT2D eigenvalue weighted by molar-refractivity contribution is 6.10. The molecule has 2 aromatic carbocycles. The van der Waals surface area contributed by atoms with Gasteiger partial charge in [-0.05, 0) is 29.8 Å². The van der Waals surface area contributed by atoms with E-state index in [9.17, 15) is 22.8 Å². The lowest BCUT2D eigenvalue weighted by Crippen LogP contribution is -2.46. The van der Waals surface area contributed by atoms with Crippen LogP contribution in [0.2, 0.25) is 0 Å². The Morgan fingerprint density at radius 1 is 1.09 bits per heavy atom. The summed E-state index contributed by atoms with van der Waals surface area (Å²) >= 11 is 0. The fraction of sp³-hybridized carbons (Fsp3) is 0.143. The molecule has 4 rings (SSSR count). The Kier molecular flexibility index (Phi) is 5.39. The summed E-state index contributed by atoms with van der Waals surface area (Å²) in [5.74, 6) is -2.67. The highest BCUT2D eigenvalue weighted by Gasteiger charge is 2.41. The van der Waals surface area contributed by atoms with Crippen LogP contribution in [0.5, 0.6) is 5.75 Å². The average Bonchev–Trinajstić information content (AvgIpc) is 2.78. The van der Waals surface area contributed by atoms with E-state index in [4.69, 9.17) is 5.26 Å². The predicted molar refractivity (Wildman–Crippen MR) is 105 cm³/mol. The van der Waals surface area contributed by atoms with E-state index in [-0.39, 0.29) is 22.7 Å². The molecular formula is C21H13F3N6O3. The first kappa shape index (κ1) is 21.7. The number of halogens is 3. The molecule has 0 saturated heterocycles. The van der Waals surface area contributed by atoms with Gasteiger partial charge in [-0.15, -0.1) is 18.2 Å². The molecule has 3 aromatic rings. The molecule has 9 nitrogen and oxygen atoms in total. The number of likely N-dealkylation sites (N-methyl/N-ethyl adjacent to an activating group) is 1. The van der Waals surface area contributed by atoms with Crippen molar-refractivity contribution in [2.75, 3.05) is 7.05 Å². The molecule has 1 unspecified atom stereocenters. The van der Waals surface area contributed by atoms with E-state index in [2.05, 4.69) is 19.8 Å². The van der Waals surface area contributed by atoms with Crippen LogP contribution in [-0.2, 0) is 4.79 Å². The Balaban J connectivity index is 1.89. The van der Waals surface area contributed by atoms with Gasteiger partial charge in [-0.3, -0.25) is 14.5 Å². The van der Waals surface area contributed by atoms with Crippen molar-refractivity contribution < 1.29 is 27.5 Å². The molecule has 1 atom stereocenters. The Labute approximate surface area is 184 Å². The number of alkyl halides is 3. The maximum atomic E-state index is 12.9. The maximum Gasteiger partial charge on any atom is 0.573 e. The summed E-state index contributed by atoms with van der Waals surface area (Å²) in [7, 11) is 1.31. The zero-order valence-corrected chi connectivity index (χ0v) is 16.8. The minimum Gasteiger partial charge on any atom is -0.406 e. The van der Waals surface area contributed by atoms with Crippen LogP contribution in [0.15, 0.2) is 59.6 Å². The summed E-state index contributed by atoms with van der Waals surface area (Å²) in [4.78, 5) is 34.5. The number of ether oxygens (including phenoxy) is 1. The monoisotopic (exact) mass is 454 g/mol. The molecular weight excluding hydrogens is 441 g/mol. The Morgan fingerprint density at radius 3 is 2.36 bits per heavy atom. The Morgan fingerprint density at radius 2 is 1.76 bits per heavy atom. The molecule has 0 fully saturated rings. The molecule has 0 aliphatic carbocycles. The summed E-state index contributed by atoms with van der Waals surface area (Å²) in [5, 5.41) is 13.4. The standard InChI is InChI=1S/C21H13F3N6O3/c1-29-18(31)15(12-5-3-2-4-6-12)16-17(19(29)32)28-30(20(27-16)26-11-25)13-7-9-14(10-8-13)33-21(22,23)24/h2-10,15H,1H3. The molecule has 166 valence electrons. The minimum atomic E-state index is -4.86. The first-order chi connectivity index (χ1) is 15.7. The van der Waals surface area contributed by atoms with Gasteiger partial charge in [-0.1, -0.05) is 30.3 Å². The van der Waals surface area contributed by atoms with E-state index >= 15 is 0 Å². The fourth-order valence-electron chi connectivity index (χ4n) is 3.35. The van der Waals surface area contributed by atoms with Gasteiger partial charge in [0.15, 0.2) is 5.69 Å². The molecule has 33 heavy (non-hydrogen) atoms. The van der Waals surface area contributed by atoms with Crippen molar-refractivity contribution in [3.63, 3.8) is 0 Å². The van der Waals surface area contributed by atoms with Crippen LogP contribution in [-0.4, -0.2) is 44.9 Å². The highest BCUT2D eigenvalue weighted by atomic mass is 19.4. The van der Waals surface area contributed by atoms with Crippen LogP contribution in [0.3, 0.4) is 0 Å². The van der Waals surface area contributed by atoms with E-state index in [0.29, 0.717) is 5.56 Å². The number of nitrogens with zero attached hydrogens (tertiary/aromatic N) is 6. The zero-order valence-electron chi connectivity index (χ0n) is 16.8. The van der Waals surface area contributed by atoms with Gasteiger partial charge in [0.2, 0.25) is 12.1 Å². The third kappa shape index (κ3) is 4.16. The number of amides is 2. The molecule has 0 saturated carbocycles. The fourth-order valence-corrected chi connectivity index (χ4v) is 3.35. The van der Waals surface area contributed by atoms with Gasteiger partial charge < -0.3 is 4.74 Å². The smallest absolute Gasteiger partial charge is 0.406 e. The van der Waals surface area contributed by atoms with Gasteiger partial charge in [0.25, 0.3) is 11.5 Å². The number of hydrogen-bond acceptors (Lipinski definition) is 7. The second kappa shape index (κ2) is 8.19. The first-order valence-corrected chi connectivity index (χ1v) is 9.36. The normalized spacial score (nSPS) is 16.4. The molecule has 2 amide bonds. The molecule has 1 aliphatic rings. The van der Waals surface area contributed by atoms with Gasteiger partial charge in [-0.2, -0.15) is 15.0 Å². The Bertz CT molecular complexity index is 1340. The molecule has 0 radical (unpaired) electrons. The first-order valence-electron chi connectivity index (χ1n) is 9.36. The van der Waals surface area contributed by atoms with E-state index in [1.807, 2.05) is 0 Å². The topological polar surface area (TPSA) is 113 Å². The second-order valence-electron chi connectivity index (χ2n) is 6.86. The summed E-state index contributed by atoms with van der Waals surface area (Å²) in [6.45, 7) is 0. The number of hydrogen-bond donors (Lipinski definition) is 0. The van der Waals surface area contributed by atoms with Crippen LogP contribution in [0.1, 0.15) is 27.7 Å². The predicted octanol–water partition coefficient (Wildman–Crippen LogP) is 2.29. The van der Waals surface area contributed by atoms with Crippen molar-refractivity contribution in [2.24, 2.45) is 4.99 Å². The van der Waals surface area contributed by atoms with E-state index in [1.54, 1.807) is 36.5 Å². The molecule has 2 heterocycles. The van der Waals surface area contributed by atoms with Crippen LogP contribution in [0.25, 0.3) is 5.69 Å². The number of carbonyl (C=O) groups excluding carboxylic acids is 2. The van der Waals surface area contributed by atoms with Crippen molar-refractivity contribution in [3.05, 3.63) is 77.2 Å². The zero-order chi connectivity index (χ0) is 23.8. The van der Waals surface area contributed by atoms with Crippen LogP contribution < -0.4 is 10.4 Å². The summed E-state index contributed by atoms with van der Waals surface area (Å²) in [5.41, 5.74) is 0.339.